The number of carbonyl (C=O) groups excluding carboxylic acids is 4. The molecule has 0 aliphatic carbocycles. The highest BCUT2D eigenvalue weighted by Crippen LogP contribution is 2.29. The predicted octanol–water partition coefficient (Wildman–Crippen LogP) is 2.39. The number of para-hydroxylation sites is 3. The summed E-state index contributed by atoms with van der Waals surface area (Å²) in [6.45, 7) is 2.75. The molecule has 1 heterocycles. The van der Waals surface area contributed by atoms with Crippen molar-refractivity contribution in [2.75, 3.05) is 18.4 Å². The average Bonchev–Trinajstić information content (AvgIpc) is 2.89. The number of carbonyl (C=O) groups is 4. The minimum atomic E-state index is -1.05. The highest BCUT2D eigenvalue weighted by Gasteiger charge is 2.44. The monoisotopic (exact) mass is 379 g/mol. The van der Waals surface area contributed by atoms with Gasteiger partial charge in [-0.25, -0.2) is 9.69 Å². The van der Waals surface area contributed by atoms with Gasteiger partial charge in [-0.15, -0.1) is 6.58 Å². The molecule has 2 aromatic carbocycles. The van der Waals surface area contributed by atoms with Gasteiger partial charge in [0.2, 0.25) is 5.91 Å². The van der Waals surface area contributed by atoms with Gasteiger partial charge < -0.3 is 10.1 Å². The second-order valence-electron chi connectivity index (χ2n) is 5.84. The van der Waals surface area contributed by atoms with Crippen molar-refractivity contribution in [1.29, 1.82) is 0 Å². The van der Waals surface area contributed by atoms with Crippen LogP contribution in [0, 0.1) is 0 Å². The molecule has 1 saturated heterocycles. The second kappa shape index (κ2) is 8.17. The van der Waals surface area contributed by atoms with Gasteiger partial charge in [0.1, 0.15) is 12.3 Å². The third-order valence-corrected chi connectivity index (χ3v) is 3.88. The molecule has 0 spiro atoms. The van der Waals surface area contributed by atoms with Crippen LogP contribution in [-0.4, -0.2) is 46.6 Å². The van der Waals surface area contributed by atoms with E-state index in [4.69, 9.17) is 4.74 Å². The van der Waals surface area contributed by atoms with Crippen molar-refractivity contribution >= 4 is 29.4 Å². The summed E-state index contributed by atoms with van der Waals surface area (Å²) in [5, 5.41) is 2.60. The van der Waals surface area contributed by atoms with Crippen molar-refractivity contribution in [3.8, 4) is 11.5 Å². The Hall–Kier alpha value is -3.94. The first-order chi connectivity index (χ1) is 13.5. The summed E-state index contributed by atoms with van der Waals surface area (Å²) in [7, 11) is 0. The highest BCUT2D eigenvalue weighted by molar-refractivity contribution is 6.45. The van der Waals surface area contributed by atoms with Gasteiger partial charge in [-0.1, -0.05) is 36.4 Å². The van der Waals surface area contributed by atoms with Crippen molar-refractivity contribution in [3.05, 3.63) is 67.3 Å². The molecule has 1 aliphatic heterocycles. The molecule has 1 aliphatic rings. The summed E-state index contributed by atoms with van der Waals surface area (Å²) in [6, 6.07) is 14.9. The molecule has 8 heteroatoms. The fraction of sp³-hybridized carbons (Fsp3) is 0.100. The number of hydrogen-bond donors (Lipinski definition) is 1. The summed E-state index contributed by atoms with van der Waals surface area (Å²) in [5.74, 6) is -1.69. The fourth-order valence-corrected chi connectivity index (χ4v) is 2.59. The molecule has 142 valence electrons. The van der Waals surface area contributed by atoms with E-state index < -0.39 is 30.3 Å². The van der Waals surface area contributed by atoms with Gasteiger partial charge >= 0.3 is 17.8 Å². The maximum absolute atomic E-state index is 12.4. The van der Waals surface area contributed by atoms with E-state index in [0.717, 1.165) is 4.90 Å². The average molecular weight is 379 g/mol. The van der Waals surface area contributed by atoms with E-state index in [-0.39, 0.29) is 6.54 Å². The van der Waals surface area contributed by atoms with Crippen LogP contribution in [0.1, 0.15) is 0 Å². The Morgan fingerprint density at radius 3 is 2.32 bits per heavy atom. The van der Waals surface area contributed by atoms with E-state index in [9.17, 15) is 19.2 Å². The van der Waals surface area contributed by atoms with Crippen LogP contribution in [0.3, 0.4) is 0 Å². The lowest BCUT2D eigenvalue weighted by Gasteiger charge is -2.15. The molecule has 3 rings (SSSR count). The number of amides is 5. The molecule has 5 amide bonds. The third-order valence-electron chi connectivity index (χ3n) is 3.88. The summed E-state index contributed by atoms with van der Waals surface area (Å²) < 4.78 is 5.75. The van der Waals surface area contributed by atoms with Crippen LogP contribution in [0.15, 0.2) is 67.3 Å². The number of nitrogens with one attached hydrogen (secondary N) is 1. The third kappa shape index (κ3) is 3.90. The van der Waals surface area contributed by atoms with Crippen LogP contribution in [0.2, 0.25) is 0 Å². The van der Waals surface area contributed by atoms with Crippen molar-refractivity contribution in [1.82, 2.24) is 9.80 Å². The Balaban J connectivity index is 1.70. The SMILES string of the molecule is C=CCN1C(=O)C(=O)N(CC(=O)Nc2ccccc2Oc2ccccc2)C1=O. The molecule has 0 unspecified atom stereocenters. The van der Waals surface area contributed by atoms with Gasteiger partial charge in [-0.3, -0.25) is 19.3 Å². The Morgan fingerprint density at radius 1 is 0.964 bits per heavy atom. The minimum Gasteiger partial charge on any atom is -0.455 e. The molecule has 0 bridgehead atoms. The van der Waals surface area contributed by atoms with Gasteiger partial charge in [0.05, 0.1) is 5.69 Å². The van der Waals surface area contributed by atoms with Gasteiger partial charge in [-0.05, 0) is 24.3 Å². The number of hydrogen-bond acceptors (Lipinski definition) is 5. The molecule has 2 aromatic rings. The van der Waals surface area contributed by atoms with Crippen LogP contribution in [0.5, 0.6) is 11.5 Å². The zero-order valence-electron chi connectivity index (χ0n) is 14.8. The maximum atomic E-state index is 12.4. The van der Waals surface area contributed by atoms with Crippen molar-refractivity contribution < 1.29 is 23.9 Å². The van der Waals surface area contributed by atoms with E-state index in [2.05, 4.69) is 11.9 Å². The zero-order valence-corrected chi connectivity index (χ0v) is 14.8. The van der Waals surface area contributed by atoms with Gasteiger partial charge in [0.15, 0.2) is 5.75 Å². The first-order valence-electron chi connectivity index (χ1n) is 8.41. The molecular formula is C20H17N3O5. The Bertz CT molecular complexity index is 942. The number of benzene rings is 2. The van der Waals surface area contributed by atoms with Gasteiger partial charge in [0.25, 0.3) is 0 Å². The predicted molar refractivity (Wildman–Crippen MR) is 101 cm³/mol. The number of nitrogens with zero attached hydrogens (tertiary/aromatic N) is 2. The van der Waals surface area contributed by atoms with Gasteiger partial charge in [0, 0.05) is 6.54 Å². The molecule has 1 fully saturated rings. The second-order valence-corrected chi connectivity index (χ2v) is 5.84. The molecule has 28 heavy (non-hydrogen) atoms. The molecule has 0 aromatic heterocycles. The van der Waals surface area contributed by atoms with E-state index in [0.29, 0.717) is 22.1 Å². The molecule has 0 atom stereocenters. The highest BCUT2D eigenvalue weighted by atomic mass is 16.5. The number of imide groups is 2. The van der Waals surface area contributed by atoms with Crippen molar-refractivity contribution in [2.45, 2.75) is 0 Å². The quantitative estimate of drug-likeness (QED) is 0.453. The van der Waals surface area contributed by atoms with E-state index in [1.165, 1.54) is 6.08 Å². The lowest BCUT2D eigenvalue weighted by atomic mass is 10.2. The lowest BCUT2D eigenvalue weighted by Crippen LogP contribution is -2.39. The number of ether oxygens (including phenoxy) is 1. The minimum absolute atomic E-state index is 0.102. The normalized spacial score (nSPS) is 13.6. The first-order valence-corrected chi connectivity index (χ1v) is 8.41. The van der Waals surface area contributed by atoms with Gasteiger partial charge in [-0.2, -0.15) is 0 Å². The van der Waals surface area contributed by atoms with E-state index >= 15 is 0 Å². The summed E-state index contributed by atoms with van der Waals surface area (Å²) >= 11 is 0. The standard InChI is InChI=1S/C20H17N3O5/c1-2-12-22-18(25)19(26)23(20(22)27)13-17(24)21-15-10-6-7-11-16(15)28-14-8-4-3-5-9-14/h2-11H,1,12-13H2,(H,21,24). The largest absolute Gasteiger partial charge is 0.455 e. The molecular weight excluding hydrogens is 362 g/mol. The zero-order chi connectivity index (χ0) is 20.1. The molecule has 1 N–H and O–H groups in total. The van der Waals surface area contributed by atoms with Crippen molar-refractivity contribution in [2.24, 2.45) is 0 Å². The lowest BCUT2D eigenvalue weighted by molar-refractivity contribution is -0.143. The first kappa shape index (κ1) is 18.8. The Labute approximate surface area is 161 Å². The molecule has 0 radical (unpaired) electrons. The van der Waals surface area contributed by atoms with Crippen LogP contribution in [0.4, 0.5) is 10.5 Å². The number of rotatable bonds is 7. The summed E-state index contributed by atoms with van der Waals surface area (Å²) in [5.41, 5.74) is 0.365. The van der Waals surface area contributed by atoms with Crippen LogP contribution in [-0.2, 0) is 14.4 Å². The van der Waals surface area contributed by atoms with E-state index in [1.807, 2.05) is 18.2 Å². The number of urea groups is 1. The van der Waals surface area contributed by atoms with E-state index in [1.54, 1.807) is 36.4 Å². The molecule has 8 nitrogen and oxygen atoms in total. The number of anilines is 1. The smallest absolute Gasteiger partial charge is 0.335 e. The molecule has 0 saturated carbocycles. The summed E-state index contributed by atoms with van der Waals surface area (Å²) in [4.78, 5) is 49.7. The fourth-order valence-electron chi connectivity index (χ4n) is 2.59. The maximum Gasteiger partial charge on any atom is 0.335 e. The Morgan fingerprint density at radius 2 is 1.61 bits per heavy atom. The van der Waals surface area contributed by atoms with Crippen molar-refractivity contribution in [3.63, 3.8) is 0 Å². The topological polar surface area (TPSA) is 96.0 Å². The van der Waals surface area contributed by atoms with Crippen LogP contribution in [0.25, 0.3) is 0 Å². The van der Waals surface area contributed by atoms with Crippen LogP contribution >= 0.6 is 0 Å². The van der Waals surface area contributed by atoms with Crippen LogP contribution < -0.4 is 10.1 Å². The Kier molecular flexibility index (Phi) is 5.50. The summed E-state index contributed by atoms with van der Waals surface area (Å²) in [6.07, 6.45) is 1.32.